The quantitative estimate of drug-likeness (QED) is 0.254. The highest BCUT2D eigenvalue weighted by molar-refractivity contribution is 5.69. The number of carbonyl (C=O) groups is 1. The monoisotopic (exact) mass is 433 g/mol. The lowest BCUT2D eigenvalue weighted by Crippen LogP contribution is -2.20. The molecule has 6 nitrogen and oxygen atoms in total. The van der Waals surface area contributed by atoms with Crippen molar-refractivity contribution < 1.29 is 14.3 Å². The largest absolute Gasteiger partial charge is 0.489 e. The summed E-state index contributed by atoms with van der Waals surface area (Å²) >= 11 is 0. The van der Waals surface area contributed by atoms with E-state index in [0.717, 1.165) is 55.2 Å². The van der Waals surface area contributed by atoms with Crippen LogP contribution in [0.1, 0.15) is 44.6 Å². The van der Waals surface area contributed by atoms with Crippen molar-refractivity contribution >= 4 is 17.6 Å². The van der Waals surface area contributed by atoms with Crippen LogP contribution < -0.4 is 9.64 Å². The van der Waals surface area contributed by atoms with Crippen LogP contribution in [0.5, 0.6) is 5.75 Å². The van der Waals surface area contributed by atoms with Gasteiger partial charge in [0.2, 0.25) is 0 Å². The molecule has 6 heteroatoms. The third kappa shape index (κ3) is 7.69. The topological polar surface area (TPSA) is 64.5 Å². The molecule has 0 saturated carbocycles. The number of ether oxygens (including phenoxy) is 2. The predicted octanol–water partition coefficient (Wildman–Crippen LogP) is 5.71. The summed E-state index contributed by atoms with van der Waals surface area (Å²) in [6, 6.07) is 19.8. The van der Waals surface area contributed by atoms with Gasteiger partial charge in [0.15, 0.2) is 0 Å². The molecule has 3 aromatic rings. The van der Waals surface area contributed by atoms with Gasteiger partial charge in [-0.3, -0.25) is 4.79 Å². The minimum atomic E-state index is -0.112. The lowest BCUT2D eigenvalue weighted by molar-refractivity contribution is -0.143. The van der Waals surface area contributed by atoms with Gasteiger partial charge in [-0.25, -0.2) is 9.97 Å². The maximum atomic E-state index is 11.5. The molecule has 0 fully saturated rings. The Bertz CT molecular complexity index is 935. The Balaban J connectivity index is 1.58. The number of aromatic nitrogens is 2. The number of rotatable bonds is 13. The first-order valence-electron chi connectivity index (χ1n) is 11.2. The van der Waals surface area contributed by atoms with E-state index in [4.69, 9.17) is 9.47 Å². The van der Waals surface area contributed by atoms with Gasteiger partial charge in [0, 0.05) is 31.4 Å². The molecule has 0 aliphatic carbocycles. The molecule has 0 N–H and O–H groups in total. The van der Waals surface area contributed by atoms with Crippen LogP contribution in [0.15, 0.2) is 73.1 Å². The Morgan fingerprint density at radius 3 is 2.44 bits per heavy atom. The van der Waals surface area contributed by atoms with E-state index in [1.54, 1.807) is 12.4 Å². The first kappa shape index (κ1) is 23.3. The van der Waals surface area contributed by atoms with E-state index in [1.807, 2.05) is 67.6 Å². The van der Waals surface area contributed by atoms with Crippen LogP contribution in [0.4, 0.5) is 11.6 Å². The average Bonchev–Trinajstić information content (AvgIpc) is 2.84. The van der Waals surface area contributed by atoms with Gasteiger partial charge in [0.05, 0.1) is 6.61 Å². The summed E-state index contributed by atoms with van der Waals surface area (Å²) in [5.41, 5.74) is 1.12. The smallest absolute Gasteiger partial charge is 0.305 e. The van der Waals surface area contributed by atoms with Crippen molar-refractivity contribution in [1.29, 1.82) is 0 Å². The fourth-order valence-corrected chi connectivity index (χ4v) is 3.36. The molecule has 0 aliphatic rings. The first-order valence-corrected chi connectivity index (χ1v) is 11.2. The summed E-state index contributed by atoms with van der Waals surface area (Å²) in [6.45, 7) is 3.57. The number of hydrogen-bond acceptors (Lipinski definition) is 6. The number of unbranched alkanes of at least 4 members (excludes halogenated alkanes) is 3. The summed E-state index contributed by atoms with van der Waals surface area (Å²) in [4.78, 5) is 22.7. The Hall–Kier alpha value is -3.41. The van der Waals surface area contributed by atoms with Crippen molar-refractivity contribution in [2.45, 2.75) is 45.6 Å². The number of carbonyl (C=O) groups excluding carboxylic acids is 1. The van der Waals surface area contributed by atoms with Crippen molar-refractivity contribution in [2.24, 2.45) is 0 Å². The molecule has 32 heavy (non-hydrogen) atoms. The van der Waals surface area contributed by atoms with Gasteiger partial charge in [0.25, 0.3) is 0 Å². The third-order valence-corrected chi connectivity index (χ3v) is 4.99. The van der Waals surface area contributed by atoms with Crippen LogP contribution >= 0.6 is 0 Å². The van der Waals surface area contributed by atoms with E-state index >= 15 is 0 Å². The Morgan fingerprint density at radius 1 is 0.875 bits per heavy atom. The van der Waals surface area contributed by atoms with Gasteiger partial charge in [0.1, 0.15) is 24.0 Å². The molecular formula is C26H31N3O3. The number of esters is 1. The molecule has 0 bridgehead atoms. The molecule has 3 rings (SSSR count). The fourth-order valence-electron chi connectivity index (χ4n) is 3.36. The lowest BCUT2D eigenvalue weighted by Gasteiger charge is -2.23. The van der Waals surface area contributed by atoms with Crippen molar-refractivity contribution in [3.05, 3.63) is 78.6 Å². The van der Waals surface area contributed by atoms with Crippen LogP contribution in [0.3, 0.4) is 0 Å². The predicted molar refractivity (Wildman–Crippen MR) is 126 cm³/mol. The van der Waals surface area contributed by atoms with Gasteiger partial charge in [-0.2, -0.15) is 0 Å². The number of anilines is 2. The highest BCUT2D eigenvalue weighted by Crippen LogP contribution is 2.26. The molecular weight excluding hydrogens is 402 g/mol. The summed E-state index contributed by atoms with van der Waals surface area (Å²) in [5, 5.41) is 0. The van der Waals surface area contributed by atoms with Gasteiger partial charge in [-0.1, -0.05) is 49.2 Å². The van der Waals surface area contributed by atoms with Crippen LogP contribution in [0.25, 0.3) is 0 Å². The number of nitrogens with zero attached hydrogens (tertiary/aromatic N) is 3. The van der Waals surface area contributed by atoms with E-state index in [1.165, 1.54) is 0 Å². The second-order valence-electron chi connectivity index (χ2n) is 7.43. The van der Waals surface area contributed by atoms with E-state index in [2.05, 4.69) is 14.9 Å². The molecule has 1 aromatic carbocycles. The molecule has 0 saturated heterocycles. The Morgan fingerprint density at radius 2 is 1.66 bits per heavy atom. The second kappa shape index (κ2) is 13.1. The Labute approximate surface area is 190 Å². The molecule has 0 amide bonds. The molecule has 168 valence electrons. The summed E-state index contributed by atoms with van der Waals surface area (Å²) in [5.74, 6) is 2.32. The minimum Gasteiger partial charge on any atom is -0.489 e. The van der Waals surface area contributed by atoms with Gasteiger partial charge < -0.3 is 14.4 Å². The number of benzene rings is 1. The standard InChI is InChI=1S/C26H31N3O3/c1-2-31-26(30)15-8-3-4-11-19-29(24-14-9-10-17-27-24)25-20-23(16-18-28-25)32-21-22-12-6-5-7-13-22/h5-7,9-10,12-14,16-18,20H,2-4,8,11,15,19,21H2,1H3. The zero-order valence-corrected chi connectivity index (χ0v) is 18.7. The molecule has 2 aromatic heterocycles. The maximum Gasteiger partial charge on any atom is 0.305 e. The Kier molecular flexibility index (Phi) is 9.52. The van der Waals surface area contributed by atoms with Gasteiger partial charge in [-0.05, 0) is 43.5 Å². The average molecular weight is 434 g/mol. The SMILES string of the molecule is CCOC(=O)CCCCCCN(c1ccccn1)c1cc(OCc2ccccc2)ccn1. The molecule has 0 unspecified atom stereocenters. The zero-order valence-electron chi connectivity index (χ0n) is 18.7. The molecule has 0 atom stereocenters. The third-order valence-electron chi connectivity index (χ3n) is 4.99. The molecule has 0 radical (unpaired) electrons. The molecule has 0 aliphatic heterocycles. The van der Waals surface area contributed by atoms with Crippen molar-refractivity contribution in [3.63, 3.8) is 0 Å². The van der Waals surface area contributed by atoms with E-state index in [9.17, 15) is 4.79 Å². The highest BCUT2D eigenvalue weighted by Gasteiger charge is 2.13. The van der Waals surface area contributed by atoms with Crippen LogP contribution in [0, 0.1) is 0 Å². The highest BCUT2D eigenvalue weighted by atomic mass is 16.5. The maximum absolute atomic E-state index is 11.5. The van der Waals surface area contributed by atoms with Crippen molar-refractivity contribution in [1.82, 2.24) is 9.97 Å². The lowest BCUT2D eigenvalue weighted by atomic mass is 10.1. The van der Waals surface area contributed by atoms with E-state index in [0.29, 0.717) is 19.6 Å². The fraction of sp³-hybridized carbons (Fsp3) is 0.346. The first-order chi connectivity index (χ1) is 15.8. The summed E-state index contributed by atoms with van der Waals surface area (Å²) < 4.78 is 11.0. The van der Waals surface area contributed by atoms with Crippen molar-refractivity contribution in [2.75, 3.05) is 18.1 Å². The minimum absolute atomic E-state index is 0.112. The van der Waals surface area contributed by atoms with E-state index in [-0.39, 0.29) is 5.97 Å². The van der Waals surface area contributed by atoms with Crippen LogP contribution in [-0.2, 0) is 16.1 Å². The number of hydrogen-bond donors (Lipinski definition) is 0. The van der Waals surface area contributed by atoms with Crippen molar-refractivity contribution in [3.8, 4) is 5.75 Å². The van der Waals surface area contributed by atoms with Crippen LogP contribution in [-0.4, -0.2) is 29.1 Å². The molecule has 0 spiro atoms. The second-order valence-corrected chi connectivity index (χ2v) is 7.43. The van der Waals surface area contributed by atoms with E-state index < -0.39 is 0 Å². The van der Waals surface area contributed by atoms with Gasteiger partial charge in [-0.15, -0.1) is 0 Å². The van der Waals surface area contributed by atoms with Crippen LogP contribution in [0.2, 0.25) is 0 Å². The zero-order chi connectivity index (χ0) is 22.4. The molecule has 2 heterocycles. The normalized spacial score (nSPS) is 10.5. The number of pyridine rings is 2. The van der Waals surface area contributed by atoms with Gasteiger partial charge >= 0.3 is 5.97 Å². The summed E-state index contributed by atoms with van der Waals surface area (Å²) in [7, 11) is 0. The summed E-state index contributed by atoms with van der Waals surface area (Å²) in [6.07, 6.45) is 7.87.